The molecule has 1 aromatic heterocycles. The van der Waals surface area contributed by atoms with Crippen LogP contribution in [-0.4, -0.2) is 30.1 Å². The third-order valence-electron chi connectivity index (χ3n) is 4.33. The van der Waals surface area contributed by atoms with Crippen LogP contribution >= 0.6 is 0 Å². The zero-order chi connectivity index (χ0) is 14.5. The molecule has 0 aliphatic heterocycles. The molecule has 0 saturated heterocycles. The van der Waals surface area contributed by atoms with Crippen LogP contribution in [0.4, 0.5) is 11.6 Å². The Hall–Kier alpha value is -1.32. The number of aromatic nitrogens is 2. The van der Waals surface area contributed by atoms with Crippen molar-refractivity contribution in [3.05, 3.63) is 11.4 Å². The van der Waals surface area contributed by atoms with Crippen LogP contribution in [0.1, 0.15) is 56.8 Å². The molecule has 0 bridgehead atoms. The molecule has 1 aromatic rings. The molecule has 112 valence electrons. The number of hydrogen-bond acceptors (Lipinski definition) is 4. The summed E-state index contributed by atoms with van der Waals surface area (Å²) < 4.78 is 0. The fourth-order valence-corrected chi connectivity index (χ4v) is 3.11. The fraction of sp³-hybridized carbons (Fsp3) is 0.750. The second kappa shape index (κ2) is 6.91. The van der Waals surface area contributed by atoms with Crippen LogP contribution in [0.15, 0.2) is 0 Å². The number of nitrogens with zero attached hydrogens (tertiary/aromatic N) is 3. The van der Waals surface area contributed by atoms with Crippen LogP contribution in [0.3, 0.4) is 0 Å². The van der Waals surface area contributed by atoms with Crippen molar-refractivity contribution >= 4 is 11.6 Å². The summed E-state index contributed by atoms with van der Waals surface area (Å²) >= 11 is 0. The summed E-state index contributed by atoms with van der Waals surface area (Å²) in [5, 5.41) is 3.21. The lowest BCUT2D eigenvalue weighted by Crippen LogP contribution is -2.34. The van der Waals surface area contributed by atoms with Crippen LogP contribution in [0.2, 0.25) is 0 Å². The molecule has 0 spiro atoms. The lowest BCUT2D eigenvalue weighted by Gasteiger charge is -2.33. The molecule has 1 aliphatic carbocycles. The van der Waals surface area contributed by atoms with Crippen LogP contribution < -0.4 is 10.2 Å². The molecular formula is C16H28N4. The molecule has 1 aliphatic rings. The normalized spacial score (nSPS) is 16.2. The second-order valence-electron chi connectivity index (χ2n) is 5.84. The molecule has 1 heterocycles. The number of nitrogens with one attached hydrogen (secondary N) is 1. The largest absolute Gasteiger partial charge is 0.373 e. The summed E-state index contributed by atoms with van der Waals surface area (Å²) in [6, 6.07) is 0.636. The molecule has 4 heteroatoms. The fourth-order valence-electron chi connectivity index (χ4n) is 3.11. The third kappa shape index (κ3) is 3.22. The standard InChI is InChI=1S/C16H28N4/c1-5-9-14-18-15(17-3)12(2)16(19-14)20(4)13-10-7-6-8-11-13/h13H,5-11H2,1-4H3,(H,17,18,19). The molecule has 1 fully saturated rings. The lowest BCUT2D eigenvalue weighted by atomic mass is 9.94. The highest BCUT2D eigenvalue weighted by molar-refractivity contribution is 5.58. The van der Waals surface area contributed by atoms with Crippen molar-refractivity contribution in [2.75, 3.05) is 24.3 Å². The van der Waals surface area contributed by atoms with Gasteiger partial charge in [-0.25, -0.2) is 9.97 Å². The monoisotopic (exact) mass is 276 g/mol. The van der Waals surface area contributed by atoms with Crippen molar-refractivity contribution in [3.8, 4) is 0 Å². The maximum absolute atomic E-state index is 4.82. The van der Waals surface area contributed by atoms with E-state index < -0.39 is 0 Å². The van der Waals surface area contributed by atoms with E-state index in [1.807, 2.05) is 7.05 Å². The van der Waals surface area contributed by atoms with E-state index in [2.05, 4.69) is 36.1 Å². The van der Waals surface area contributed by atoms with E-state index in [1.54, 1.807) is 0 Å². The van der Waals surface area contributed by atoms with Gasteiger partial charge in [-0.15, -0.1) is 0 Å². The maximum Gasteiger partial charge on any atom is 0.137 e. The first-order valence-corrected chi connectivity index (χ1v) is 7.95. The quantitative estimate of drug-likeness (QED) is 0.893. The summed E-state index contributed by atoms with van der Waals surface area (Å²) in [7, 11) is 4.13. The molecule has 20 heavy (non-hydrogen) atoms. The predicted octanol–water partition coefficient (Wildman–Crippen LogP) is 3.55. The zero-order valence-corrected chi connectivity index (χ0v) is 13.4. The summed E-state index contributed by atoms with van der Waals surface area (Å²) in [6.45, 7) is 4.29. The van der Waals surface area contributed by atoms with E-state index in [-0.39, 0.29) is 0 Å². The minimum atomic E-state index is 0.636. The molecule has 2 rings (SSSR count). The summed E-state index contributed by atoms with van der Waals surface area (Å²) in [6.07, 6.45) is 8.69. The Morgan fingerprint density at radius 1 is 1.20 bits per heavy atom. The van der Waals surface area contributed by atoms with Gasteiger partial charge in [-0.2, -0.15) is 0 Å². The second-order valence-corrected chi connectivity index (χ2v) is 5.84. The van der Waals surface area contributed by atoms with Crippen molar-refractivity contribution in [3.63, 3.8) is 0 Å². The van der Waals surface area contributed by atoms with Gasteiger partial charge >= 0.3 is 0 Å². The molecule has 0 amide bonds. The van der Waals surface area contributed by atoms with E-state index >= 15 is 0 Å². The van der Waals surface area contributed by atoms with Crippen molar-refractivity contribution in [1.82, 2.24) is 9.97 Å². The Bertz CT molecular complexity index is 438. The topological polar surface area (TPSA) is 41.1 Å². The lowest BCUT2D eigenvalue weighted by molar-refractivity contribution is 0.425. The first-order chi connectivity index (χ1) is 9.67. The first-order valence-electron chi connectivity index (χ1n) is 7.95. The maximum atomic E-state index is 4.82. The van der Waals surface area contributed by atoms with Crippen LogP contribution in [0, 0.1) is 6.92 Å². The van der Waals surface area contributed by atoms with E-state index in [9.17, 15) is 0 Å². The van der Waals surface area contributed by atoms with Gasteiger partial charge in [0.15, 0.2) is 0 Å². The SMILES string of the molecule is CCCc1nc(NC)c(C)c(N(C)C2CCCCC2)n1. The third-order valence-corrected chi connectivity index (χ3v) is 4.33. The van der Waals surface area contributed by atoms with Gasteiger partial charge in [0, 0.05) is 32.1 Å². The molecular weight excluding hydrogens is 248 g/mol. The predicted molar refractivity (Wildman–Crippen MR) is 85.6 cm³/mol. The highest BCUT2D eigenvalue weighted by atomic mass is 15.2. The zero-order valence-electron chi connectivity index (χ0n) is 13.4. The average Bonchev–Trinajstić information content (AvgIpc) is 2.49. The van der Waals surface area contributed by atoms with Crippen molar-refractivity contribution < 1.29 is 0 Å². The van der Waals surface area contributed by atoms with Crippen LogP contribution in [-0.2, 0) is 6.42 Å². The molecule has 0 radical (unpaired) electrons. The van der Waals surface area contributed by atoms with Crippen LogP contribution in [0.25, 0.3) is 0 Å². The molecule has 1 N–H and O–H groups in total. The first kappa shape index (κ1) is 15.1. The van der Waals surface area contributed by atoms with Gasteiger partial charge in [0.1, 0.15) is 17.5 Å². The molecule has 0 aromatic carbocycles. The number of rotatable bonds is 5. The smallest absolute Gasteiger partial charge is 0.137 e. The van der Waals surface area contributed by atoms with Gasteiger partial charge in [0.2, 0.25) is 0 Å². The minimum Gasteiger partial charge on any atom is -0.373 e. The van der Waals surface area contributed by atoms with E-state index in [0.717, 1.165) is 30.3 Å². The summed E-state index contributed by atoms with van der Waals surface area (Å²) in [4.78, 5) is 11.8. The highest BCUT2D eigenvalue weighted by Gasteiger charge is 2.22. The minimum absolute atomic E-state index is 0.636. The van der Waals surface area contributed by atoms with Gasteiger partial charge in [-0.05, 0) is 26.2 Å². The Balaban J connectivity index is 2.30. The van der Waals surface area contributed by atoms with Gasteiger partial charge in [-0.1, -0.05) is 26.2 Å². The molecule has 0 atom stereocenters. The Morgan fingerprint density at radius 3 is 2.50 bits per heavy atom. The van der Waals surface area contributed by atoms with Crippen LogP contribution in [0.5, 0.6) is 0 Å². The Labute approximate surface area is 123 Å². The molecule has 4 nitrogen and oxygen atoms in total. The average molecular weight is 276 g/mol. The van der Waals surface area contributed by atoms with E-state index in [1.165, 1.54) is 37.7 Å². The van der Waals surface area contributed by atoms with Gasteiger partial charge in [-0.3, -0.25) is 0 Å². The van der Waals surface area contributed by atoms with Crippen molar-refractivity contribution in [2.24, 2.45) is 0 Å². The molecule has 1 saturated carbocycles. The number of anilines is 2. The molecule has 0 unspecified atom stereocenters. The van der Waals surface area contributed by atoms with E-state index in [0.29, 0.717) is 6.04 Å². The van der Waals surface area contributed by atoms with Crippen molar-refractivity contribution in [1.29, 1.82) is 0 Å². The number of hydrogen-bond donors (Lipinski definition) is 1. The summed E-state index contributed by atoms with van der Waals surface area (Å²) in [5.41, 5.74) is 1.17. The van der Waals surface area contributed by atoms with Gasteiger partial charge < -0.3 is 10.2 Å². The summed E-state index contributed by atoms with van der Waals surface area (Å²) in [5.74, 6) is 3.04. The highest BCUT2D eigenvalue weighted by Crippen LogP contribution is 2.29. The Morgan fingerprint density at radius 2 is 1.90 bits per heavy atom. The van der Waals surface area contributed by atoms with Gasteiger partial charge in [0.25, 0.3) is 0 Å². The van der Waals surface area contributed by atoms with Crippen molar-refractivity contribution in [2.45, 2.75) is 64.8 Å². The Kier molecular flexibility index (Phi) is 5.21. The van der Waals surface area contributed by atoms with Gasteiger partial charge in [0.05, 0.1) is 0 Å². The number of aryl methyl sites for hydroxylation is 1. The van der Waals surface area contributed by atoms with E-state index in [4.69, 9.17) is 4.98 Å².